The van der Waals surface area contributed by atoms with Crippen molar-refractivity contribution in [2.24, 2.45) is 5.84 Å². The Morgan fingerprint density at radius 1 is 1.24 bits per heavy atom. The molecule has 0 saturated carbocycles. The van der Waals surface area contributed by atoms with E-state index in [1.54, 1.807) is 25.1 Å². The molecule has 0 unspecified atom stereocenters. The third-order valence-corrected chi connectivity index (χ3v) is 4.91. The van der Waals surface area contributed by atoms with Gasteiger partial charge in [0.05, 0.1) is 18.8 Å². The third kappa shape index (κ3) is 7.48. The zero-order valence-corrected chi connectivity index (χ0v) is 18.4. The normalized spacial score (nSPS) is 11.6. The van der Waals surface area contributed by atoms with Gasteiger partial charge in [-0.25, -0.2) is 9.99 Å². The van der Waals surface area contributed by atoms with Crippen molar-refractivity contribution in [3.63, 3.8) is 0 Å². The summed E-state index contributed by atoms with van der Waals surface area (Å²) >= 11 is 0. The number of halogens is 1. The van der Waals surface area contributed by atoms with Crippen LogP contribution in [0.5, 0.6) is 5.75 Å². The Hall–Kier alpha value is -3.63. The van der Waals surface area contributed by atoms with E-state index in [0.29, 0.717) is 17.7 Å². The number of nitrogens with two attached hydrogens (primary N) is 1. The maximum atomic E-state index is 13.5. The summed E-state index contributed by atoms with van der Waals surface area (Å²) in [5.74, 6) is 3.95. The lowest BCUT2D eigenvalue weighted by Gasteiger charge is -2.32. The number of amides is 3. The SMILES string of the molecule is C=CCN(N)CC(=O)N(C=O)[C@@H](Cc1ccc(O)cc1)C(=O)N(CC)Cc1cccc(F)n1. The molecule has 2 aromatic rings. The van der Waals surface area contributed by atoms with Gasteiger partial charge in [-0.05, 0) is 36.8 Å². The second kappa shape index (κ2) is 12.4. The van der Waals surface area contributed by atoms with Gasteiger partial charge in [-0.15, -0.1) is 6.58 Å². The van der Waals surface area contributed by atoms with Crippen LogP contribution in [-0.2, 0) is 27.3 Å². The van der Waals surface area contributed by atoms with Gasteiger partial charge in [-0.1, -0.05) is 24.3 Å². The number of carbonyl (C=O) groups excluding carboxylic acids is 3. The monoisotopic (exact) mass is 457 g/mol. The molecule has 9 nitrogen and oxygen atoms in total. The molecule has 1 aromatic heterocycles. The largest absolute Gasteiger partial charge is 0.508 e. The minimum atomic E-state index is -1.18. The first-order valence-corrected chi connectivity index (χ1v) is 10.3. The maximum Gasteiger partial charge on any atom is 0.246 e. The van der Waals surface area contributed by atoms with Crippen molar-refractivity contribution in [3.05, 3.63) is 72.3 Å². The minimum absolute atomic E-state index is 0.000460. The zero-order valence-electron chi connectivity index (χ0n) is 18.4. The highest BCUT2D eigenvalue weighted by molar-refractivity contribution is 5.95. The fourth-order valence-electron chi connectivity index (χ4n) is 3.24. The van der Waals surface area contributed by atoms with Gasteiger partial charge in [0.2, 0.25) is 24.2 Å². The molecule has 3 N–H and O–H groups in total. The van der Waals surface area contributed by atoms with E-state index in [1.807, 2.05) is 0 Å². The molecule has 1 heterocycles. The van der Waals surface area contributed by atoms with Gasteiger partial charge in [0.25, 0.3) is 0 Å². The van der Waals surface area contributed by atoms with E-state index < -0.39 is 23.8 Å². The highest BCUT2D eigenvalue weighted by Crippen LogP contribution is 2.16. The fourth-order valence-corrected chi connectivity index (χ4v) is 3.24. The molecule has 1 atom stereocenters. The summed E-state index contributed by atoms with van der Waals surface area (Å²) in [6, 6.07) is 9.18. The lowest BCUT2D eigenvalue weighted by Crippen LogP contribution is -2.54. The van der Waals surface area contributed by atoms with Crippen LogP contribution in [0.1, 0.15) is 18.2 Å². The molecule has 0 saturated heterocycles. The van der Waals surface area contributed by atoms with Crippen molar-refractivity contribution in [2.45, 2.75) is 25.9 Å². The van der Waals surface area contributed by atoms with E-state index in [9.17, 15) is 23.9 Å². The van der Waals surface area contributed by atoms with Gasteiger partial charge in [0.15, 0.2) is 0 Å². The summed E-state index contributed by atoms with van der Waals surface area (Å²) in [7, 11) is 0. The number of benzene rings is 1. The molecule has 1 aromatic carbocycles. The first-order chi connectivity index (χ1) is 15.8. The molecular formula is C23H28FN5O4. The lowest BCUT2D eigenvalue weighted by atomic mass is 10.0. The van der Waals surface area contributed by atoms with Crippen molar-refractivity contribution in [1.29, 1.82) is 0 Å². The van der Waals surface area contributed by atoms with E-state index in [1.165, 1.54) is 40.3 Å². The van der Waals surface area contributed by atoms with Gasteiger partial charge < -0.3 is 10.0 Å². The average molecular weight is 458 g/mol. The standard InChI is InChI=1S/C23H28FN5O4/c1-3-12-28(25)15-22(32)29(16-30)20(13-17-8-10-19(31)11-9-17)23(33)27(4-2)14-18-6-5-7-21(24)26-18/h3,5-11,16,20,31H,1,4,12-15,25H2,2H3/t20-/m0/s1. The first-order valence-electron chi connectivity index (χ1n) is 10.3. The summed E-state index contributed by atoms with van der Waals surface area (Å²) in [4.78, 5) is 44.3. The van der Waals surface area contributed by atoms with E-state index in [-0.39, 0.29) is 38.3 Å². The number of aromatic nitrogens is 1. The molecular weight excluding hydrogens is 429 g/mol. The van der Waals surface area contributed by atoms with Gasteiger partial charge in [0.1, 0.15) is 11.8 Å². The van der Waals surface area contributed by atoms with Crippen LogP contribution in [0.2, 0.25) is 0 Å². The highest BCUT2D eigenvalue weighted by Gasteiger charge is 2.33. The fraction of sp³-hybridized carbons (Fsp3) is 0.304. The second-order valence-corrected chi connectivity index (χ2v) is 7.31. The van der Waals surface area contributed by atoms with Gasteiger partial charge >= 0.3 is 0 Å². The number of nitrogens with zero attached hydrogens (tertiary/aromatic N) is 4. The van der Waals surface area contributed by atoms with Crippen LogP contribution < -0.4 is 5.84 Å². The molecule has 0 spiro atoms. The molecule has 0 aliphatic heterocycles. The number of hydrogen-bond acceptors (Lipinski definition) is 7. The quantitative estimate of drug-likeness (QED) is 0.162. The molecule has 10 heteroatoms. The molecule has 0 aliphatic carbocycles. The number of hydrogen-bond donors (Lipinski definition) is 2. The Kier molecular flexibility index (Phi) is 9.64. The molecule has 176 valence electrons. The van der Waals surface area contributed by atoms with E-state index in [2.05, 4.69) is 11.6 Å². The van der Waals surface area contributed by atoms with E-state index >= 15 is 0 Å². The minimum Gasteiger partial charge on any atom is -0.508 e. The van der Waals surface area contributed by atoms with Crippen molar-refractivity contribution in [3.8, 4) is 5.75 Å². The molecule has 33 heavy (non-hydrogen) atoms. The Bertz CT molecular complexity index is 970. The second-order valence-electron chi connectivity index (χ2n) is 7.31. The number of likely N-dealkylation sites (N-methyl/N-ethyl adjacent to an activating group) is 1. The smallest absolute Gasteiger partial charge is 0.246 e. The number of aromatic hydroxyl groups is 1. The number of imide groups is 1. The van der Waals surface area contributed by atoms with Gasteiger partial charge in [-0.2, -0.15) is 4.39 Å². The number of rotatable bonds is 12. The number of phenolic OH excluding ortho intramolecular Hbond substituents is 1. The molecule has 2 rings (SSSR count). The van der Waals surface area contributed by atoms with Crippen LogP contribution in [0.25, 0.3) is 0 Å². The molecule has 0 radical (unpaired) electrons. The number of phenols is 1. The number of hydrazine groups is 1. The Labute approximate surface area is 191 Å². The molecule has 0 bridgehead atoms. The summed E-state index contributed by atoms with van der Waals surface area (Å²) in [6.07, 6.45) is 1.83. The van der Waals surface area contributed by atoms with E-state index in [0.717, 1.165) is 4.90 Å². The Balaban J connectivity index is 2.34. The highest BCUT2D eigenvalue weighted by atomic mass is 19.1. The summed E-state index contributed by atoms with van der Waals surface area (Å²) in [6.45, 7) is 5.42. The summed E-state index contributed by atoms with van der Waals surface area (Å²) < 4.78 is 13.5. The van der Waals surface area contributed by atoms with Crippen LogP contribution >= 0.6 is 0 Å². The van der Waals surface area contributed by atoms with Gasteiger partial charge in [0, 0.05) is 19.5 Å². The Morgan fingerprint density at radius 2 is 1.94 bits per heavy atom. The van der Waals surface area contributed by atoms with Crippen LogP contribution in [0.3, 0.4) is 0 Å². The molecule has 0 aliphatic rings. The number of carbonyl (C=O) groups is 3. The predicted octanol–water partition coefficient (Wildman–Crippen LogP) is 1.23. The van der Waals surface area contributed by atoms with Crippen molar-refractivity contribution in [1.82, 2.24) is 19.8 Å². The molecule has 0 fully saturated rings. The van der Waals surface area contributed by atoms with Crippen LogP contribution in [0.4, 0.5) is 4.39 Å². The Morgan fingerprint density at radius 3 is 2.52 bits per heavy atom. The average Bonchev–Trinajstić information content (AvgIpc) is 2.78. The van der Waals surface area contributed by atoms with Crippen LogP contribution in [0.15, 0.2) is 55.1 Å². The maximum absolute atomic E-state index is 13.5. The topological polar surface area (TPSA) is 120 Å². The third-order valence-electron chi connectivity index (χ3n) is 4.91. The van der Waals surface area contributed by atoms with Gasteiger partial charge in [-0.3, -0.25) is 25.1 Å². The van der Waals surface area contributed by atoms with Crippen LogP contribution in [-0.4, -0.2) is 68.8 Å². The first kappa shape index (κ1) is 25.6. The zero-order chi connectivity index (χ0) is 24.4. The summed E-state index contributed by atoms with van der Waals surface area (Å²) in [5.41, 5.74) is 0.957. The summed E-state index contributed by atoms with van der Waals surface area (Å²) in [5, 5.41) is 10.7. The number of pyridine rings is 1. The van der Waals surface area contributed by atoms with Crippen molar-refractivity contribution in [2.75, 3.05) is 19.6 Å². The van der Waals surface area contributed by atoms with Crippen molar-refractivity contribution >= 4 is 18.2 Å². The van der Waals surface area contributed by atoms with Crippen LogP contribution in [0, 0.1) is 5.95 Å². The predicted molar refractivity (Wildman–Crippen MR) is 120 cm³/mol. The molecule has 3 amide bonds. The lowest BCUT2D eigenvalue weighted by molar-refractivity contribution is -0.151. The van der Waals surface area contributed by atoms with E-state index in [4.69, 9.17) is 5.84 Å². The van der Waals surface area contributed by atoms with Crippen molar-refractivity contribution < 1.29 is 23.9 Å².